The Kier molecular flexibility index (Phi) is 3.06. The van der Waals surface area contributed by atoms with Crippen LogP contribution in [0.2, 0.25) is 0 Å². The van der Waals surface area contributed by atoms with Crippen molar-refractivity contribution in [2.24, 2.45) is 0 Å². The molecule has 3 rings (SSSR count). The van der Waals surface area contributed by atoms with Gasteiger partial charge in [0.1, 0.15) is 11.5 Å². The summed E-state index contributed by atoms with van der Waals surface area (Å²) in [5, 5.41) is 12.3. The van der Waals surface area contributed by atoms with Crippen LogP contribution in [0.25, 0.3) is 0 Å². The van der Waals surface area contributed by atoms with Gasteiger partial charge in [-0.25, -0.2) is 0 Å². The number of ether oxygens (including phenoxy) is 1. The largest absolute Gasteiger partial charge is 0.508 e. The molecule has 2 aromatic rings. The average Bonchev–Trinajstić information content (AvgIpc) is 2.46. The third-order valence-electron chi connectivity index (χ3n) is 3.57. The lowest BCUT2D eigenvalue weighted by Crippen LogP contribution is -2.23. The van der Waals surface area contributed by atoms with E-state index in [1.807, 2.05) is 30.3 Å². The van der Waals surface area contributed by atoms with Gasteiger partial charge in [0.05, 0.1) is 7.11 Å². The van der Waals surface area contributed by atoms with Crippen LogP contribution in [0, 0.1) is 0 Å². The molecule has 20 heavy (non-hydrogen) atoms. The van der Waals surface area contributed by atoms with Gasteiger partial charge in [-0.1, -0.05) is 18.2 Å². The van der Waals surface area contributed by atoms with E-state index in [9.17, 15) is 9.90 Å². The van der Waals surface area contributed by atoms with Crippen molar-refractivity contribution in [3.05, 3.63) is 53.6 Å². The van der Waals surface area contributed by atoms with Gasteiger partial charge >= 0.3 is 0 Å². The summed E-state index contributed by atoms with van der Waals surface area (Å²) in [6.45, 7) is 0. The second-order valence-corrected chi connectivity index (χ2v) is 4.85. The lowest BCUT2D eigenvalue weighted by Gasteiger charge is -2.26. The van der Waals surface area contributed by atoms with Crippen molar-refractivity contribution in [2.75, 3.05) is 12.4 Å². The summed E-state index contributed by atoms with van der Waals surface area (Å²) in [5.74, 6) is 0.856. The predicted molar refractivity (Wildman–Crippen MR) is 76.2 cm³/mol. The van der Waals surface area contributed by atoms with Crippen LogP contribution in [-0.2, 0) is 4.79 Å². The molecule has 0 fully saturated rings. The number of benzene rings is 2. The van der Waals surface area contributed by atoms with E-state index >= 15 is 0 Å². The van der Waals surface area contributed by atoms with Crippen molar-refractivity contribution in [1.29, 1.82) is 0 Å². The highest BCUT2D eigenvalue weighted by atomic mass is 16.5. The molecule has 0 radical (unpaired) electrons. The minimum absolute atomic E-state index is 0.0190. The summed E-state index contributed by atoms with van der Waals surface area (Å²) < 4.78 is 5.24. The van der Waals surface area contributed by atoms with E-state index in [0.29, 0.717) is 12.1 Å². The number of amides is 1. The molecule has 4 heteroatoms. The van der Waals surface area contributed by atoms with Gasteiger partial charge in [-0.15, -0.1) is 0 Å². The molecule has 0 aliphatic carbocycles. The number of phenolic OH excluding ortho intramolecular Hbond substituents is 1. The quantitative estimate of drug-likeness (QED) is 0.881. The van der Waals surface area contributed by atoms with Gasteiger partial charge in [-0.05, 0) is 29.3 Å². The fraction of sp³-hybridized carbons (Fsp3) is 0.188. The summed E-state index contributed by atoms with van der Waals surface area (Å²) >= 11 is 0. The van der Waals surface area contributed by atoms with Crippen LogP contribution in [0.1, 0.15) is 23.5 Å². The van der Waals surface area contributed by atoms with Gasteiger partial charge in [0.15, 0.2) is 0 Å². The van der Waals surface area contributed by atoms with E-state index in [0.717, 1.165) is 16.9 Å². The molecule has 1 unspecified atom stereocenters. The van der Waals surface area contributed by atoms with E-state index in [1.165, 1.54) is 0 Å². The molecule has 1 aliphatic rings. The number of nitrogens with one attached hydrogen (secondary N) is 1. The number of anilines is 1. The Labute approximate surface area is 117 Å². The average molecular weight is 269 g/mol. The number of hydrogen-bond acceptors (Lipinski definition) is 3. The highest BCUT2D eigenvalue weighted by molar-refractivity contribution is 5.95. The number of carbonyl (C=O) groups excluding carboxylic acids is 1. The van der Waals surface area contributed by atoms with Crippen molar-refractivity contribution in [3.63, 3.8) is 0 Å². The molecule has 1 aliphatic heterocycles. The lowest BCUT2D eigenvalue weighted by molar-refractivity contribution is -0.116. The molecule has 0 aromatic heterocycles. The molecule has 0 saturated heterocycles. The molecular formula is C16H15NO3. The summed E-state index contributed by atoms with van der Waals surface area (Å²) in [7, 11) is 1.62. The van der Waals surface area contributed by atoms with Gasteiger partial charge in [0, 0.05) is 24.1 Å². The maximum atomic E-state index is 11.9. The zero-order valence-corrected chi connectivity index (χ0v) is 11.1. The molecule has 0 bridgehead atoms. The molecule has 0 spiro atoms. The molecule has 102 valence electrons. The van der Waals surface area contributed by atoms with E-state index in [4.69, 9.17) is 4.74 Å². The molecule has 2 N–H and O–H groups in total. The highest BCUT2D eigenvalue weighted by Crippen LogP contribution is 2.39. The van der Waals surface area contributed by atoms with Crippen molar-refractivity contribution in [3.8, 4) is 11.5 Å². The normalized spacial score (nSPS) is 17.2. The van der Waals surface area contributed by atoms with Crippen LogP contribution < -0.4 is 10.1 Å². The van der Waals surface area contributed by atoms with Gasteiger partial charge in [0.2, 0.25) is 5.91 Å². The lowest BCUT2D eigenvalue weighted by atomic mass is 9.84. The Hall–Kier alpha value is -2.49. The second-order valence-electron chi connectivity index (χ2n) is 4.85. The smallest absolute Gasteiger partial charge is 0.225 e. The molecule has 2 aromatic carbocycles. The van der Waals surface area contributed by atoms with Crippen LogP contribution in [-0.4, -0.2) is 18.1 Å². The Morgan fingerprint density at radius 1 is 1.25 bits per heavy atom. The van der Waals surface area contributed by atoms with Crippen molar-refractivity contribution < 1.29 is 14.6 Å². The number of phenols is 1. The monoisotopic (exact) mass is 269 g/mol. The van der Waals surface area contributed by atoms with Gasteiger partial charge in [-0.2, -0.15) is 0 Å². The fourth-order valence-corrected chi connectivity index (χ4v) is 2.61. The first-order valence-electron chi connectivity index (χ1n) is 6.44. The molecule has 0 saturated carbocycles. The summed E-state index contributed by atoms with van der Waals surface area (Å²) in [5.41, 5.74) is 2.72. The van der Waals surface area contributed by atoms with Crippen molar-refractivity contribution >= 4 is 11.6 Å². The topological polar surface area (TPSA) is 58.6 Å². The molecular weight excluding hydrogens is 254 g/mol. The number of rotatable bonds is 2. The standard InChI is InChI=1S/C16H15NO3/c1-20-12-4-2-3-10(7-12)14-9-16(19)17-15-8-11(18)5-6-13(14)15/h2-8,14,18H,9H2,1H3,(H,17,19). The number of fused-ring (bicyclic) bond motifs is 1. The van der Waals surface area contributed by atoms with E-state index in [1.54, 1.807) is 19.2 Å². The van der Waals surface area contributed by atoms with E-state index in [-0.39, 0.29) is 17.6 Å². The minimum atomic E-state index is -0.0454. The molecule has 1 amide bonds. The minimum Gasteiger partial charge on any atom is -0.508 e. The van der Waals surface area contributed by atoms with Crippen LogP contribution in [0.5, 0.6) is 11.5 Å². The molecule has 1 atom stereocenters. The number of hydrogen-bond donors (Lipinski definition) is 2. The van der Waals surface area contributed by atoms with Crippen LogP contribution in [0.15, 0.2) is 42.5 Å². The highest BCUT2D eigenvalue weighted by Gasteiger charge is 2.26. The summed E-state index contributed by atoms with van der Waals surface area (Å²) in [4.78, 5) is 11.9. The van der Waals surface area contributed by atoms with Crippen LogP contribution in [0.4, 0.5) is 5.69 Å². The van der Waals surface area contributed by atoms with Crippen molar-refractivity contribution in [1.82, 2.24) is 0 Å². The van der Waals surface area contributed by atoms with Gasteiger partial charge < -0.3 is 15.2 Å². The Morgan fingerprint density at radius 2 is 2.10 bits per heavy atom. The first kappa shape index (κ1) is 12.5. The second kappa shape index (κ2) is 4.89. The number of aromatic hydroxyl groups is 1. The number of methoxy groups -OCH3 is 1. The van der Waals surface area contributed by atoms with Crippen LogP contribution >= 0.6 is 0 Å². The zero-order valence-electron chi connectivity index (χ0n) is 11.1. The predicted octanol–water partition coefficient (Wildman–Crippen LogP) is 2.87. The summed E-state index contributed by atoms with van der Waals surface area (Å²) in [6, 6.07) is 12.8. The maximum absolute atomic E-state index is 11.9. The van der Waals surface area contributed by atoms with E-state index < -0.39 is 0 Å². The van der Waals surface area contributed by atoms with Gasteiger partial charge in [-0.3, -0.25) is 4.79 Å². The number of carbonyl (C=O) groups is 1. The Morgan fingerprint density at radius 3 is 2.90 bits per heavy atom. The van der Waals surface area contributed by atoms with Crippen LogP contribution in [0.3, 0.4) is 0 Å². The van der Waals surface area contributed by atoms with Crippen molar-refractivity contribution in [2.45, 2.75) is 12.3 Å². The third kappa shape index (κ3) is 2.20. The van der Waals surface area contributed by atoms with E-state index in [2.05, 4.69) is 5.32 Å². The Balaban J connectivity index is 2.08. The first-order valence-corrected chi connectivity index (χ1v) is 6.44. The Bertz CT molecular complexity index is 667. The van der Waals surface area contributed by atoms with Gasteiger partial charge in [0.25, 0.3) is 0 Å². The molecule has 4 nitrogen and oxygen atoms in total. The first-order chi connectivity index (χ1) is 9.67. The third-order valence-corrected chi connectivity index (χ3v) is 3.57. The maximum Gasteiger partial charge on any atom is 0.225 e. The SMILES string of the molecule is COc1cccc(C2CC(=O)Nc3cc(O)ccc32)c1. The summed E-state index contributed by atoms with van der Waals surface area (Å²) in [6.07, 6.45) is 0.394. The zero-order chi connectivity index (χ0) is 14.1. The molecule has 1 heterocycles. The fourth-order valence-electron chi connectivity index (χ4n) is 2.61.